The number of rotatable bonds is 9. The molecule has 1 aliphatic rings. The fraction of sp³-hybridized carbons (Fsp3) is 0.579. The third-order valence-electron chi connectivity index (χ3n) is 4.54. The molecule has 0 saturated heterocycles. The molecule has 2 amide bonds. The highest BCUT2D eigenvalue weighted by atomic mass is 16.5. The van der Waals surface area contributed by atoms with Gasteiger partial charge in [-0.05, 0) is 25.3 Å². The highest BCUT2D eigenvalue weighted by Crippen LogP contribution is 2.26. The summed E-state index contributed by atoms with van der Waals surface area (Å²) >= 11 is 0. The summed E-state index contributed by atoms with van der Waals surface area (Å²) < 4.78 is 11.0. The second-order valence-electron chi connectivity index (χ2n) is 6.28. The second kappa shape index (κ2) is 9.53. The van der Waals surface area contributed by atoms with Crippen molar-refractivity contribution in [2.24, 2.45) is 0 Å². The molecule has 25 heavy (non-hydrogen) atoms. The van der Waals surface area contributed by atoms with E-state index in [1.165, 1.54) is 6.92 Å². The van der Waals surface area contributed by atoms with Gasteiger partial charge in [0.2, 0.25) is 11.8 Å². The second-order valence-corrected chi connectivity index (χ2v) is 6.28. The summed E-state index contributed by atoms with van der Waals surface area (Å²) in [4.78, 5) is 25.7. The van der Waals surface area contributed by atoms with Gasteiger partial charge >= 0.3 is 0 Å². The molecule has 3 atom stereocenters. The smallest absolute Gasteiger partial charge is 0.239 e. The van der Waals surface area contributed by atoms with Crippen molar-refractivity contribution in [1.82, 2.24) is 10.2 Å². The molecule has 1 N–H and O–H groups in total. The van der Waals surface area contributed by atoms with Gasteiger partial charge in [-0.1, -0.05) is 30.3 Å². The van der Waals surface area contributed by atoms with Crippen molar-refractivity contribution in [2.45, 2.75) is 44.9 Å². The molecule has 0 aliphatic heterocycles. The highest BCUT2D eigenvalue weighted by molar-refractivity contribution is 5.84. The molecule has 138 valence electrons. The van der Waals surface area contributed by atoms with Gasteiger partial charge in [0, 0.05) is 27.2 Å². The van der Waals surface area contributed by atoms with Crippen molar-refractivity contribution in [2.75, 3.05) is 26.8 Å². The number of nitrogens with zero attached hydrogens (tertiary/aromatic N) is 1. The van der Waals surface area contributed by atoms with Crippen molar-refractivity contribution in [3.05, 3.63) is 35.9 Å². The third-order valence-corrected chi connectivity index (χ3v) is 4.54. The molecule has 6 heteroatoms. The van der Waals surface area contributed by atoms with Gasteiger partial charge in [-0.15, -0.1) is 0 Å². The number of nitrogens with one attached hydrogen (secondary N) is 1. The van der Waals surface area contributed by atoms with Gasteiger partial charge in [0.25, 0.3) is 0 Å². The number of benzene rings is 1. The first-order valence-corrected chi connectivity index (χ1v) is 8.78. The molecule has 0 aromatic heterocycles. The Bertz CT molecular complexity index is 564. The molecule has 0 spiro atoms. The van der Waals surface area contributed by atoms with E-state index in [1.807, 2.05) is 37.3 Å². The van der Waals surface area contributed by atoms with Gasteiger partial charge in [0.15, 0.2) is 0 Å². The molecular weight excluding hydrogens is 320 g/mol. The van der Waals surface area contributed by atoms with Crippen molar-refractivity contribution >= 4 is 11.8 Å². The summed E-state index contributed by atoms with van der Waals surface area (Å²) in [5.74, 6) is -0.263. The predicted octanol–water partition coefficient (Wildman–Crippen LogP) is 1.39. The van der Waals surface area contributed by atoms with Crippen LogP contribution in [0.2, 0.25) is 0 Å². The maximum atomic E-state index is 12.3. The van der Waals surface area contributed by atoms with E-state index < -0.39 is 0 Å². The van der Waals surface area contributed by atoms with Crippen LogP contribution in [0.1, 0.15) is 25.8 Å². The van der Waals surface area contributed by atoms with Crippen molar-refractivity contribution in [3.8, 4) is 0 Å². The Hall–Kier alpha value is -1.92. The minimum atomic E-state index is -0.162. The maximum Gasteiger partial charge on any atom is 0.239 e. The Kier molecular flexibility index (Phi) is 7.40. The molecule has 1 fully saturated rings. The number of ether oxygens (including phenoxy) is 2. The van der Waals surface area contributed by atoms with Crippen LogP contribution in [-0.4, -0.2) is 61.8 Å². The third kappa shape index (κ3) is 5.54. The van der Waals surface area contributed by atoms with Crippen LogP contribution >= 0.6 is 0 Å². The van der Waals surface area contributed by atoms with Crippen molar-refractivity contribution < 1.29 is 19.1 Å². The van der Waals surface area contributed by atoms with E-state index in [4.69, 9.17) is 9.47 Å². The van der Waals surface area contributed by atoms with E-state index in [9.17, 15) is 9.59 Å². The van der Waals surface area contributed by atoms with Gasteiger partial charge < -0.3 is 19.7 Å². The summed E-state index contributed by atoms with van der Waals surface area (Å²) in [5.41, 5.74) is 1.15. The lowest BCUT2D eigenvalue weighted by Crippen LogP contribution is -2.62. The lowest BCUT2D eigenvalue weighted by Gasteiger charge is -2.43. The van der Waals surface area contributed by atoms with Crippen LogP contribution in [0.5, 0.6) is 0 Å². The van der Waals surface area contributed by atoms with Crippen molar-refractivity contribution in [3.63, 3.8) is 0 Å². The van der Waals surface area contributed by atoms with E-state index >= 15 is 0 Å². The Morgan fingerprint density at radius 1 is 1.28 bits per heavy atom. The Morgan fingerprint density at radius 3 is 2.60 bits per heavy atom. The number of carbonyl (C=O) groups excluding carboxylic acids is 2. The van der Waals surface area contributed by atoms with E-state index in [-0.39, 0.29) is 36.6 Å². The zero-order valence-electron chi connectivity index (χ0n) is 15.2. The predicted molar refractivity (Wildman–Crippen MR) is 95.2 cm³/mol. The minimum absolute atomic E-state index is 0.0299. The van der Waals surface area contributed by atoms with Crippen LogP contribution in [0, 0.1) is 0 Å². The summed E-state index contributed by atoms with van der Waals surface area (Å²) in [6, 6.07) is 9.87. The van der Waals surface area contributed by atoms with Crippen LogP contribution in [-0.2, 0) is 25.5 Å². The Balaban J connectivity index is 1.81. The van der Waals surface area contributed by atoms with Gasteiger partial charge in [-0.3, -0.25) is 9.59 Å². The van der Waals surface area contributed by atoms with Gasteiger partial charge in [0.1, 0.15) is 6.10 Å². The first-order valence-electron chi connectivity index (χ1n) is 8.78. The molecule has 6 nitrogen and oxygen atoms in total. The average Bonchev–Trinajstić information content (AvgIpc) is 2.58. The Morgan fingerprint density at radius 2 is 2.00 bits per heavy atom. The minimum Gasteiger partial charge on any atom is -0.377 e. The molecule has 1 aromatic rings. The standard InChI is InChI=1S/C19H28N2O4/c1-4-25-17-12-16(19(17)24-3)20-18(23)13-21(14(2)22)11-10-15-8-6-5-7-9-15/h5-9,16-17,19H,4,10-13H2,1-3H3,(H,20,23)/t16-,17+,19+/m0/s1. The molecule has 1 aromatic carbocycles. The molecule has 0 heterocycles. The first kappa shape index (κ1) is 19.4. The highest BCUT2D eigenvalue weighted by Gasteiger charge is 2.43. The quantitative estimate of drug-likeness (QED) is 0.732. The number of amides is 2. The lowest BCUT2D eigenvalue weighted by molar-refractivity contribution is -0.146. The topological polar surface area (TPSA) is 67.9 Å². The number of carbonyl (C=O) groups is 2. The zero-order valence-corrected chi connectivity index (χ0v) is 15.2. The Labute approximate surface area is 149 Å². The SMILES string of the molecule is CCO[C@@H]1C[C@H](NC(=O)CN(CCc2ccccc2)C(C)=O)[C@H]1OC. The monoisotopic (exact) mass is 348 g/mol. The van der Waals surface area contributed by atoms with Gasteiger partial charge in [-0.2, -0.15) is 0 Å². The normalized spacial score (nSPS) is 22.1. The van der Waals surface area contributed by atoms with Crippen LogP contribution < -0.4 is 5.32 Å². The summed E-state index contributed by atoms with van der Waals surface area (Å²) in [6.45, 7) is 4.64. The summed E-state index contributed by atoms with van der Waals surface area (Å²) in [6.07, 6.45) is 1.37. The van der Waals surface area contributed by atoms with E-state index in [2.05, 4.69) is 5.32 Å². The molecular formula is C19H28N2O4. The van der Waals surface area contributed by atoms with Gasteiger partial charge in [0.05, 0.1) is 18.7 Å². The van der Waals surface area contributed by atoms with Gasteiger partial charge in [-0.25, -0.2) is 0 Å². The molecule has 2 rings (SSSR count). The van der Waals surface area contributed by atoms with E-state index in [0.29, 0.717) is 13.2 Å². The fourth-order valence-electron chi connectivity index (χ4n) is 3.10. The zero-order chi connectivity index (χ0) is 18.2. The summed E-state index contributed by atoms with van der Waals surface area (Å²) in [5, 5.41) is 2.95. The lowest BCUT2D eigenvalue weighted by atomic mass is 9.85. The number of methoxy groups -OCH3 is 1. The maximum absolute atomic E-state index is 12.3. The first-order chi connectivity index (χ1) is 12.0. The molecule has 1 saturated carbocycles. The number of hydrogen-bond donors (Lipinski definition) is 1. The van der Waals surface area contributed by atoms with E-state index in [1.54, 1.807) is 12.0 Å². The molecule has 0 radical (unpaired) electrons. The molecule has 0 bridgehead atoms. The number of hydrogen-bond acceptors (Lipinski definition) is 4. The van der Waals surface area contributed by atoms with Crippen molar-refractivity contribution in [1.29, 1.82) is 0 Å². The molecule has 0 unspecified atom stereocenters. The van der Waals surface area contributed by atoms with Crippen LogP contribution in [0.15, 0.2) is 30.3 Å². The largest absolute Gasteiger partial charge is 0.377 e. The average molecular weight is 348 g/mol. The van der Waals surface area contributed by atoms with Crippen LogP contribution in [0.4, 0.5) is 0 Å². The molecule has 1 aliphatic carbocycles. The van der Waals surface area contributed by atoms with E-state index in [0.717, 1.165) is 18.4 Å². The van der Waals surface area contributed by atoms with Crippen LogP contribution in [0.25, 0.3) is 0 Å². The fourth-order valence-corrected chi connectivity index (χ4v) is 3.10. The summed E-state index contributed by atoms with van der Waals surface area (Å²) in [7, 11) is 1.62. The van der Waals surface area contributed by atoms with Crippen LogP contribution in [0.3, 0.4) is 0 Å².